The van der Waals surface area contributed by atoms with Gasteiger partial charge in [-0.1, -0.05) is 36.4 Å². The Morgan fingerprint density at radius 3 is 2.60 bits per heavy atom. The highest BCUT2D eigenvalue weighted by atomic mass is 16.3. The van der Waals surface area contributed by atoms with Crippen LogP contribution in [-0.2, 0) is 4.79 Å². The first-order valence-corrected chi connectivity index (χ1v) is 5.21. The van der Waals surface area contributed by atoms with Crippen LogP contribution in [0.15, 0.2) is 42.5 Å². The molecular formula is C13H14O2. The van der Waals surface area contributed by atoms with E-state index in [1.54, 1.807) is 6.08 Å². The van der Waals surface area contributed by atoms with Crippen molar-refractivity contribution in [2.24, 2.45) is 5.92 Å². The van der Waals surface area contributed by atoms with E-state index in [0.717, 1.165) is 12.0 Å². The summed E-state index contributed by atoms with van der Waals surface area (Å²) in [6.45, 7) is 0. The molecule has 2 atom stereocenters. The van der Waals surface area contributed by atoms with Crippen molar-refractivity contribution < 1.29 is 9.90 Å². The highest BCUT2D eigenvalue weighted by Gasteiger charge is 2.21. The Morgan fingerprint density at radius 1 is 1.27 bits per heavy atom. The Balaban J connectivity index is 2.12. The minimum absolute atomic E-state index is 0.0742. The average Bonchev–Trinajstić information content (AvgIpc) is 2.30. The maximum atomic E-state index is 11.0. The zero-order valence-corrected chi connectivity index (χ0v) is 8.47. The summed E-state index contributed by atoms with van der Waals surface area (Å²) in [6, 6.07) is 9.58. The third kappa shape index (κ3) is 2.34. The van der Waals surface area contributed by atoms with Crippen molar-refractivity contribution in [3.63, 3.8) is 0 Å². The van der Waals surface area contributed by atoms with Crippen molar-refractivity contribution in [2.45, 2.75) is 18.9 Å². The van der Waals surface area contributed by atoms with Crippen molar-refractivity contribution in [2.75, 3.05) is 0 Å². The molecule has 1 aromatic rings. The molecule has 1 aliphatic carbocycles. The van der Waals surface area contributed by atoms with Gasteiger partial charge in [0.2, 0.25) is 0 Å². The molecule has 0 fully saturated rings. The Kier molecular flexibility index (Phi) is 2.97. The predicted octanol–water partition coefficient (Wildman–Crippen LogP) is 2.26. The van der Waals surface area contributed by atoms with Crippen LogP contribution in [0.2, 0.25) is 0 Å². The largest absolute Gasteiger partial charge is 0.388 e. The molecule has 2 nitrogen and oxygen atoms in total. The van der Waals surface area contributed by atoms with Gasteiger partial charge < -0.3 is 5.11 Å². The molecule has 0 unspecified atom stereocenters. The number of benzene rings is 1. The van der Waals surface area contributed by atoms with Gasteiger partial charge in [-0.05, 0) is 18.1 Å². The lowest BCUT2D eigenvalue weighted by atomic mass is 9.87. The molecule has 0 spiro atoms. The van der Waals surface area contributed by atoms with Gasteiger partial charge in [0.05, 0.1) is 6.10 Å². The van der Waals surface area contributed by atoms with Crippen LogP contribution in [0.1, 0.15) is 24.5 Å². The molecule has 0 bridgehead atoms. The highest BCUT2D eigenvalue weighted by Crippen LogP contribution is 2.29. The summed E-state index contributed by atoms with van der Waals surface area (Å²) < 4.78 is 0. The zero-order valence-electron chi connectivity index (χ0n) is 8.47. The second kappa shape index (κ2) is 4.41. The monoisotopic (exact) mass is 202 g/mol. The van der Waals surface area contributed by atoms with Gasteiger partial charge >= 0.3 is 0 Å². The summed E-state index contributed by atoms with van der Waals surface area (Å²) in [7, 11) is 0. The molecule has 1 N–H and O–H groups in total. The molecule has 15 heavy (non-hydrogen) atoms. The van der Waals surface area contributed by atoms with Crippen molar-refractivity contribution in [1.82, 2.24) is 0 Å². The van der Waals surface area contributed by atoms with E-state index in [1.165, 1.54) is 0 Å². The zero-order chi connectivity index (χ0) is 10.7. The summed E-state index contributed by atoms with van der Waals surface area (Å²) in [5.74, 6) is 0.233. The van der Waals surface area contributed by atoms with Crippen LogP contribution < -0.4 is 0 Å². The SMILES string of the molecule is O=C1C=C[C@H]([C@@H](O)c2ccccc2)CC1. The maximum Gasteiger partial charge on any atom is 0.155 e. The standard InChI is InChI=1S/C13H14O2/c14-12-8-6-11(7-9-12)13(15)10-4-2-1-3-5-10/h1-6,8,11,13,15H,7,9H2/t11-,13-/m0/s1. The molecule has 0 heterocycles. The number of aliphatic hydroxyl groups excluding tert-OH is 1. The summed E-state index contributed by atoms with van der Waals surface area (Å²) in [4.78, 5) is 11.0. The third-order valence-corrected chi connectivity index (χ3v) is 2.80. The van der Waals surface area contributed by atoms with Crippen LogP contribution >= 0.6 is 0 Å². The van der Waals surface area contributed by atoms with E-state index < -0.39 is 6.10 Å². The van der Waals surface area contributed by atoms with E-state index in [9.17, 15) is 9.90 Å². The van der Waals surface area contributed by atoms with Crippen molar-refractivity contribution in [3.05, 3.63) is 48.0 Å². The van der Waals surface area contributed by atoms with Gasteiger partial charge in [0.15, 0.2) is 5.78 Å². The molecule has 0 amide bonds. The lowest BCUT2D eigenvalue weighted by Crippen LogP contribution is -2.15. The Labute approximate surface area is 89.2 Å². The van der Waals surface area contributed by atoms with Gasteiger partial charge in [-0.2, -0.15) is 0 Å². The molecular weight excluding hydrogens is 188 g/mol. The first-order valence-electron chi connectivity index (χ1n) is 5.21. The number of carbonyl (C=O) groups is 1. The van der Waals surface area contributed by atoms with Gasteiger partial charge in [0.25, 0.3) is 0 Å². The van der Waals surface area contributed by atoms with Gasteiger partial charge in [0, 0.05) is 12.3 Å². The fraction of sp³-hybridized carbons (Fsp3) is 0.308. The third-order valence-electron chi connectivity index (χ3n) is 2.80. The molecule has 1 aliphatic rings. The molecule has 1 aromatic carbocycles. The van der Waals surface area contributed by atoms with E-state index in [4.69, 9.17) is 0 Å². The van der Waals surface area contributed by atoms with Gasteiger partial charge in [0.1, 0.15) is 0 Å². The van der Waals surface area contributed by atoms with Gasteiger partial charge in [-0.15, -0.1) is 0 Å². The van der Waals surface area contributed by atoms with Crippen LogP contribution in [0.25, 0.3) is 0 Å². The number of aliphatic hydroxyl groups is 1. The number of ketones is 1. The summed E-state index contributed by atoms with van der Waals surface area (Å²) in [6.07, 6.45) is 4.20. The lowest BCUT2D eigenvalue weighted by molar-refractivity contribution is -0.115. The normalized spacial score (nSPS) is 22.7. The minimum atomic E-state index is -0.490. The van der Waals surface area contributed by atoms with Crippen molar-refractivity contribution in [1.29, 1.82) is 0 Å². The molecule has 0 saturated heterocycles. The topological polar surface area (TPSA) is 37.3 Å². The summed E-state index contributed by atoms with van der Waals surface area (Å²) in [5.41, 5.74) is 0.918. The Hall–Kier alpha value is -1.41. The van der Waals surface area contributed by atoms with Crippen LogP contribution in [0.3, 0.4) is 0 Å². The van der Waals surface area contributed by atoms with Gasteiger partial charge in [-0.3, -0.25) is 4.79 Å². The fourth-order valence-corrected chi connectivity index (χ4v) is 1.88. The van der Waals surface area contributed by atoms with E-state index >= 15 is 0 Å². The molecule has 2 heteroatoms. The minimum Gasteiger partial charge on any atom is -0.388 e. The van der Waals surface area contributed by atoms with Crippen LogP contribution in [-0.4, -0.2) is 10.9 Å². The number of rotatable bonds is 2. The number of allylic oxidation sites excluding steroid dienone is 1. The predicted molar refractivity (Wildman–Crippen MR) is 58.3 cm³/mol. The van der Waals surface area contributed by atoms with E-state index in [0.29, 0.717) is 6.42 Å². The Morgan fingerprint density at radius 2 is 2.00 bits per heavy atom. The molecule has 2 rings (SSSR count). The molecule has 0 aromatic heterocycles. The van der Waals surface area contributed by atoms with Crippen molar-refractivity contribution in [3.8, 4) is 0 Å². The van der Waals surface area contributed by atoms with Crippen LogP contribution in [0.4, 0.5) is 0 Å². The number of carbonyl (C=O) groups excluding carboxylic acids is 1. The quantitative estimate of drug-likeness (QED) is 0.798. The van der Waals surface area contributed by atoms with Crippen LogP contribution in [0.5, 0.6) is 0 Å². The first kappa shape index (κ1) is 10.1. The molecule has 0 saturated carbocycles. The van der Waals surface area contributed by atoms with Gasteiger partial charge in [-0.25, -0.2) is 0 Å². The number of hydrogen-bond donors (Lipinski definition) is 1. The van der Waals surface area contributed by atoms with E-state index in [1.807, 2.05) is 36.4 Å². The van der Waals surface area contributed by atoms with E-state index in [-0.39, 0.29) is 11.7 Å². The van der Waals surface area contributed by atoms with Crippen LogP contribution in [0, 0.1) is 5.92 Å². The highest BCUT2D eigenvalue weighted by molar-refractivity contribution is 5.90. The summed E-state index contributed by atoms with van der Waals surface area (Å²) in [5, 5.41) is 10.1. The smallest absolute Gasteiger partial charge is 0.155 e. The average molecular weight is 202 g/mol. The summed E-state index contributed by atoms with van der Waals surface area (Å²) >= 11 is 0. The first-order chi connectivity index (χ1) is 7.27. The van der Waals surface area contributed by atoms with Crippen molar-refractivity contribution >= 4 is 5.78 Å². The van der Waals surface area contributed by atoms with E-state index in [2.05, 4.69) is 0 Å². The number of hydrogen-bond acceptors (Lipinski definition) is 2. The molecule has 78 valence electrons. The lowest BCUT2D eigenvalue weighted by Gasteiger charge is -2.22. The molecule has 0 aliphatic heterocycles. The fourth-order valence-electron chi connectivity index (χ4n) is 1.88. The maximum absolute atomic E-state index is 11.0. The second-order valence-corrected chi connectivity index (χ2v) is 3.88. The second-order valence-electron chi connectivity index (χ2n) is 3.88. The Bertz CT molecular complexity index is 367. The molecule has 0 radical (unpaired) electrons.